The molecule has 0 aromatic carbocycles. The molecule has 4 heteroatoms. The third kappa shape index (κ3) is 2.65. The van der Waals surface area contributed by atoms with E-state index in [1.165, 1.54) is 20.0 Å². The smallest absolute Gasteiger partial charge is 0.333 e. The van der Waals surface area contributed by atoms with Crippen molar-refractivity contribution >= 4 is 5.97 Å². The highest BCUT2D eigenvalue weighted by molar-refractivity contribution is 5.88. The second-order valence-electron chi connectivity index (χ2n) is 5.01. The van der Waals surface area contributed by atoms with Gasteiger partial charge in [0, 0.05) is 5.57 Å². The SMILES string of the molecule is C1=CC2OC2CC1.COC(=O)C1=CC2OC2CC1. The molecule has 2 aliphatic carbocycles. The van der Waals surface area contributed by atoms with Crippen molar-refractivity contribution in [3.8, 4) is 0 Å². The van der Waals surface area contributed by atoms with E-state index in [4.69, 9.17) is 9.47 Å². The molecule has 0 aromatic rings. The van der Waals surface area contributed by atoms with Crippen molar-refractivity contribution in [1.29, 1.82) is 0 Å². The van der Waals surface area contributed by atoms with E-state index >= 15 is 0 Å². The van der Waals surface area contributed by atoms with Gasteiger partial charge in [0.1, 0.15) is 12.2 Å². The largest absolute Gasteiger partial charge is 0.466 e. The maximum atomic E-state index is 11.0. The molecule has 0 radical (unpaired) electrons. The topological polar surface area (TPSA) is 51.4 Å². The summed E-state index contributed by atoms with van der Waals surface area (Å²) in [5.41, 5.74) is 0.770. The van der Waals surface area contributed by atoms with Crippen LogP contribution in [0.15, 0.2) is 23.8 Å². The quantitative estimate of drug-likeness (QED) is 0.404. The van der Waals surface area contributed by atoms with Crippen molar-refractivity contribution in [3.05, 3.63) is 23.8 Å². The highest BCUT2D eigenvalue weighted by atomic mass is 16.6. The van der Waals surface area contributed by atoms with Gasteiger partial charge in [-0.25, -0.2) is 4.79 Å². The van der Waals surface area contributed by atoms with Crippen molar-refractivity contribution in [2.45, 2.75) is 50.1 Å². The Hall–Kier alpha value is -1.13. The molecule has 2 aliphatic heterocycles. The maximum absolute atomic E-state index is 11.0. The zero-order valence-electron chi connectivity index (χ0n) is 10.5. The molecule has 4 rings (SSSR count). The number of carbonyl (C=O) groups excluding carboxylic acids is 1. The summed E-state index contributed by atoms with van der Waals surface area (Å²) in [5.74, 6) is -0.209. The third-order valence-corrected chi connectivity index (χ3v) is 3.70. The van der Waals surface area contributed by atoms with Crippen LogP contribution >= 0.6 is 0 Å². The lowest BCUT2D eigenvalue weighted by molar-refractivity contribution is -0.136. The van der Waals surface area contributed by atoms with E-state index in [9.17, 15) is 4.79 Å². The van der Waals surface area contributed by atoms with Crippen molar-refractivity contribution in [2.24, 2.45) is 0 Å². The molecule has 98 valence electrons. The lowest BCUT2D eigenvalue weighted by Gasteiger charge is -2.06. The number of fused-ring (bicyclic) bond motifs is 2. The summed E-state index contributed by atoms with van der Waals surface area (Å²) < 4.78 is 15.0. The number of epoxide rings is 2. The Morgan fingerprint density at radius 3 is 2.67 bits per heavy atom. The van der Waals surface area contributed by atoms with Crippen LogP contribution in [-0.2, 0) is 19.0 Å². The van der Waals surface area contributed by atoms with Gasteiger partial charge in [-0.3, -0.25) is 0 Å². The summed E-state index contributed by atoms with van der Waals surface area (Å²) in [6.07, 6.45) is 12.2. The van der Waals surface area contributed by atoms with E-state index in [1.54, 1.807) is 0 Å². The molecule has 18 heavy (non-hydrogen) atoms. The van der Waals surface area contributed by atoms with Gasteiger partial charge in [0.15, 0.2) is 0 Å². The Morgan fingerprint density at radius 2 is 2.06 bits per heavy atom. The second-order valence-corrected chi connectivity index (χ2v) is 5.01. The van der Waals surface area contributed by atoms with Crippen LogP contribution in [-0.4, -0.2) is 37.5 Å². The number of esters is 1. The summed E-state index contributed by atoms with van der Waals surface area (Å²) in [6.45, 7) is 0. The molecule has 2 heterocycles. The number of ether oxygens (including phenoxy) is 3. The van der Waals surface area contributed by atoms with E-state index in [0.717, 1.165) is 18.4 Å². The Morgan fingerprint density at radius 1 is 1.28 bits per heavy atom. The molecular weight excluding hydrogens is 232 g/mol. The summed E-state index contributed by atoms with van der Waals surface area (Å²) in [4.78, 5) is 11.0. The first kappa shape index (κ1) is 11.9. The second kappa shape index (κ2) is 4.86. The average molecular weight is 250 g/mol. The van der Waals surface area contributed by atoms with E-state index in [2.05, 4.69) is 16.9 Å². The first-order valence-corrected chi connectivity index (χ1v) is 6.54. The average Bonchev–Trinajstić information content (AvgIpc) is 3.29. The van der Waals surface area contributed by atoms with Crippen molar-refractivity contribution in [1.82, 2.24) is 0 Å². The Kier molecular flexibility index (Phi) is 3.22. The zero-order valence-corrected chi connectivity index (χ0v) is 10.5. The minimum Gasteiger partial charge on any atom is -0.466 e. The van der Waals surface area contributed by atoms with Gasteiger partial charge in [0.25, 0.3) is 0 Å². The fourth-order valence-electron chi connectivity index (χ4n) is 2.46. The van der Waals surface area contributed by atoms with E-state index in [0.29, 0.717) is 18.3 Å². The van der Waals surface area contributed by atoms with E-state index in [1.807, 2.05) is 6.08 Å². The molecule has 4 unspecified atom stereocenters. The lowest BCUT2D eigenvalue weighted by atomic mass is 10.00. The monoisotopic (exact) mass is 250 g/mol. The van der Waals surface area contributed by atoms with Crippen LogP contribution in [0.2, 0.25) is 0 Å². The Bertz CT molecular complexity index is 399. The number of methoxy groups -OCH3 is 1. The molecule has 0 amide bonds. The molecule has 0 aromatic heterocycles. The van der Waals surface area contributed by atoms with E-state index in [-0.39, 0.29) is 12.1 Å². The predicted octanol–water partition coefficient (Wildman–Crippen LogP) is 1.75. The van der Waals surface area contributed by atoms with Crippen molar-refractivity contribution < 1.29 is 19.0 Å². The van der Waals surface area contributed by atoms with Gasteiger partial charge in [0.05, 0.1) is 19.3 Å². The fourth-order valence-corrected chi connectivity index (χ4v) is 2.46. The van der Waals surface area contributed by atoms with Gasteiger partial charge < -0.3 is 14.2 Å². The van der Waals surface area contributed by atoms with Crippen LogP contribution in [0, 0.1) is 0 Å². The molecule has 2 fully saturated rings. The zero-order chi connectivity index (χ0) is 12.5. The van der Waals surface area contributed by atoms with Gasteiger partial charge in [-0.15, -0.1) is 0 Å². The van der Waals surface area contributed by atoms with Crippen molar-refractivity contribution in [2.75, 3.05) is 7.11 Å². The molecule has 2 saturated heterocycles. The molecule has 4 aliphatic rings. The predicted molar refractivity (Wildman–Crippen MR) is 65.0 cm³/mol. The normalized spacial score (nSPS) is 38.4. The van der Waals surface area contributed by atoms with Crippen LogP contribution in [0.1, 0.15) is 25.7 Å². The third-order valence-electron chi connectivity index (χ3n) is 3.70. The van der Waals surface area contributed by atoms with Gasteiger partial charge in [0.2, 0.25) is 0 Å². The standard InChI is InChI=1S/C8H10O3.C6H8O/c1-10-8(9)5-2-3-6-7(4-5)11-6;1-2-4-6-5(3-1)7-6/h4,6-7H,2-3H2,1H3;1,3,5-6H,2,4H2. The van der Waals surface area contributed by atoms with Crippen LogP contribution in [0.25, 0.3) is 0 Å². The van der Waals surface area contributed by atoms with Crippen LogP contribution in [0.3, 0.4) is 0 Å². The molecule has 4 atom stereocenters. The lowest BCUT2D eigenvalue weighted by Crippen LogP contribution is -2.10. The maximum Gasteiger partial charge on any atom is 0.333 e. The summed E-state index contributed by atoms with van der Waals surface area (Å²) in [6, 6.07) is 0. The molecule has 0 N–H and O–H groups in total. The Balaban J connectivity index is 0.000000122. The minimum absolute atomic E-state index is 0.206. The highest BCUT2D eigenvalue weighted by Crippen LogP contribution is 2.35. The Labute approximate surface area is 107 Å². The molecule has 0 spiro atoms. The molecule has 0 saturated carbocycles. The number of rotatable bonds is 1. The summed E-state index contributed by atoms with van der Waals surface area (Å²) in [7, 11) is 1.41. The van der Waals surface area contributed by atoms with Gasteiger partial charge >= 0.3 is 5.97 Å². The first-order chi connectivity index (χ1) is 8.78. The van der Waals surface area contributed by atoms with Crippen LogP contribution in [0.4, 0.5) is 0 Å². The molecule has 4 nitrogen and oxygen atoms in total. The van der Waals surface area contributed by atoms with Gasteiger partial charge in [-0.2, -0.15) is 0 Å². The molecule has 0 bridgehead atoms. The van der Waals surface area contributed by atoms with Crippen LogP contribution < -0.4 is 0 Å². The number of allylic oxidation sites excluding steroid dienone is 1. The number of hydrogen-bond donors (Lipinski definition) is 0. The first-order valence-electron chi connectivity index (χ1n) is 6.54. The van der Waals surface area contributed by atoms with Crippen LogP contribution in [0.5, 0.6) is 0 Å². The van der Waals surface area contributed by atoms with E-state index < -0.39 is 0 Å². The molecular formula is C14H18O4. The summed E-state index contributed by atoms with van der Waals surface area (Å²) >= 11 is 0. The van der Waals surface area contributed by atoms with Gasteiger partial charge in [-0.1, -0.05) is 12.2 Å². The number of hydrogen-bond acceptors (Lipinski definition) is 4. The minimum atomic E-state index is -0.209. The van der Waals surface area contributed by atoms with Gasteiger partial charge in [-0.05, 0) is 31.8 Å². The summed E-state index contributed by atoms with van der Waals surface area (Å²) in [5, 5.41) is 0. The number of carbonyl (C=O) groups is 1. The fraction of sp³-hybridized carbons (Fsp3) is 0.643. The van der Waals surface area contributed by atoms with Crippen molar-refractivity contribution in [3.63, 3.8) is 0 Å². The highest BCUT2D eigenvalue weighted by Gasteiger charge is 2.40.